The van der Waals surface area contributed by atoms with Crippen molar-refractivity contribution >= 4 is 5.91 Å². The average Bonchev–Trinajstić information content (AvgIpc) is 3.22. The number of hydrogen-bond acceptors (Lipinski definition) is 4. The Morgan fingerprint density at radius 3 is 2.91 bits per heavy atom. The third-order valence-corrected chi connectivity index (χ3v) is 4.95. The van der Waals surface area contributed by atoms with Crippen LogP contribution in [-0.2, 0) is 17.9 Å². The average molecular weight is 311 g/mol. The summed E-state index contributed by atoms with van der Waals surface area (Å²) < 4.78 is 5.46. The minimum atomic E-state index is 0.243. The zero-order chi connectivity index (χ0) is 15.8. The van der Waals surface area contributed by atoms with Crippen molar-refractivity contribution in [3.05, 3.63) is 53.7 Å². The van der Waals surface area contributed by atoms with Gasteiger partial charge in [0.2, 0.25) is 5.91 Å². The normalized spacial score (nSPS) is 24.4. The van der Waals surface area contributed by atoms with Gasteiger partial charge in [-0.25, -0.2) is 0 Å². The monoisotopic (exact) mass is 311 g/mol. The number of furan rings is 1. The maximum atomic E-state index is 12.5. The van der Waals surface area contributed by atoms with Crippen LogP contribution in [-0.4, -0.2) is 39.3 Å². The number of pyridine rings is 1. The van der Waals surface area contributed by atoms with E-state index in [4.69, 9.17) is 4.42 Å². The minimum Gasteiger partial charge on any atom is -0.468 e. The molecule has 2 aromatic heterocycles. The number of amides is 1. The summed E-state index contributed by atoms with van der Waals surface area (Å²) in [7, 11) is 0. The number of hydrogen-bond donors (Lipinski definition) is 0. The molecule has 2 atom stereocenters. The molecule has 0 N–H and O–H groups in total. The molecule has 0 saturated carbocycles. The van der Waals surface area contributed by atoms with Gasteiger partial charge < -0.3 is 9.32 Å². The van der Waals surface area contributed by atoms with E-state index in [1.165, 1.54) is 0 Å². The van der Waals surface area contributed by atoms with Crippen LogP contribution >= 0.6 is 0 Å². The van der Waals surface area contributed by atoms with Crippen LogP contribution in [0.4, 0.5) is 0 Å². The number of aryl methyl sites for hydroxylation is 1. The first-order chi connectivity index (χ1) is 11.2. The molecular weight excluding hydrogens is 290 g/mol. The molecule has 2 fully saturated rings. The van der Waals surface area contributed by atoms with Gasteiger partial charge in [-0.3, -0.25) is 14.7 Å². The second-order valence-corrected chi connectivity index (χ2v) is 6.47. The van der Waals surface area contributed by atoms with E-state index in [1.54, 1.807) is 6.26 Å². The molecule has 0 radical (unpaired) electrons. The van der Waals surface area contributed by atoms with Crippen LogP contribution in [0, 0.1) is 6.92 Å². The van der Waals surface area contributed by atoms with Crippen LogP contribution < -0.4 is 0 Å². The summed E-state index contributed by atoms with van der Waals surface area (Å²) in [4.78, 5) is 21.4. The Morgan fingerprint density at radius 2 is 2.13 bits per heavy atom. The molecule has 0 bridgehead atoms. The van der Waals surface area contributed by atoms with Crippen LogP contribution in [0.5, 0.6) is 0 Å². The highest BCUT2D eigenvalue weighted by atomic mass is 16.3. The Balaban J connectivity index is 1.48. The zero-order valence-corrected chi connectivity index (χ0v) is 13.3. The SMILES string of the molecule is Cc1cccc(CN2C(=O)C[C@H]3[C@H]2CCN3Cc2ccco2)n1. The Hall–Kier alpha value is -2.14. The number of nitrogens with zero attached hydrogens (tertiary/aromatic N) is 3. The number of rotatable bonds is 4. The lowest BCUT2D eigenvalue weighted by atomic mass is 10.1. The van der Waals surface area contributed by atoms with E-state index in [1.807, 2.05) is 42.2 Å². The maximum absolute atomic E-state index is 12.5. The van der Waals surface area contributed by atoms with Gasteiger partial charge in [-0.05, 0) is 37.6 Å². The maximum Gasteiger partial charge on any atom is 0.224 e. The molecule has 0 spiro atoms. The first kappa shape index (κ1) is 14.5. The van der Waals surface area contributed by atoms with Crippen LogP contribution in [0.3, 0.4) is 0 Å². The van der Waals surface area contributed by atoms with Crippen molar-refractivity contribution in [1.29, 1.82) is 0 Å². The molecule has 0 aromatic carbocycles. The lowest BCUT2D eigenvalue weighted by molar-refractivity contribution is -0.129. The molecule has 0 aliphatic carbocycles. The van der Waals surface area contributed by atoms with E-state index in [2.05, 4.69) is 9.88 Å². The van der Waals surface area contributed by atoms with Gasteiger partial charge >= 0.3 is 0 Å². The lowest BCUT2D eigenvalue weighted by Gasteiger charge is -2.25. The number of likely N-dealkylation sites (tertiary alicyclic amines) is 2. The van der Waals surface area contributed by atoms with Crippen LogP contribution in [0.1, 0.15) is 30.0 Å². The fourth-order valence-corrected chi connectivity index (χ4v) is 3.88. The number of carbonyl (C=O) groups excluding carboxylic acids is 1. The molecule has 5 nitrogen and oxygen atoms in total. The smallest absolute Gasteiger partial charge is 0.224 e. The van der Waals surface area contributed by atoms with E-state index in [0.29, 0.717) is 25.0 Å². The fraction of sp³-hybridized carbons (Fsp3) is 0.444. The van der Waals surface area contributed by atoms with Crippen molar-refractivity contribution in [3.63, 3.8) is 0 Å². The quantitative estimate of drug-likeness (QED) is 0.870. The molecule has 2 aromatic rings. The fourth-order valence-electron chi connectivity index (χ4n) is 3.88. The molecule has 1 amide bonds. The van der Waals surface area contributed by atoms with Crippen LogP contribution in [0.25, 0.3) is 0 Å². The molecule has 2 saturated heterocycles. The number of fused-ring (bicyclic) bond motifs is 1. The predicted molar refractivity (Wildman–Crippen MR) is 85.5 cm³/mol. The molecule has 4 heterocycles. The standard InChI is InChI=1S/C18H21N3O2/c1-13-4-2-5-14(19-13)11-21-16-7-8-20(17(16)10-18(21)22)12-15-6-3-9-23-15/h2-6,9,16-17H,7-8,10-12H2,1H3/t16-,17+/m1/s1. The number of carbonyl (C=O) groups is 1. The van der Waals surface area contributed by atoms with Gasteiger partial charge in [0.15, 0.2) is 0 Å². The van der Waals surface area contributed by atoms with Gasteiger partial charge in [-0.2, -0.15) is 0 Å². The summed E-state index contributed by atoms with van der Waals surface area (Å²) >= 11 is 0. The molecule has 4 rings (SSSR count). The highest BCUT2D eigenvalue weighted by Crippen LogP contribution is 2.34. The van der Waals surface area contributed by atoms with Crippen molar-refractivity contribution in [2.24, 2.45) is 0 Å². The summed E-state index contributed by atoms with van der Waals surface area (Å²) in [5.41, 5.74) is 1.97. The zero-order valence-electron chi connectivity index (χ0n) is 13.3. The van der Waals surface area contributed by atoms with Crippen molar-refractivity contribution in [3.8, 4) is 0 Å². The molecule has 0 unspecified atom stereocenters. The van der Waals surface area contributed by atoms with Gasteiger partial charge in [0.25, 0.3) is 0 Å². The highest BCUT2D eigenvalue weighted by Gasteiger charge is 2.46. The van der Waals surface area contributed by atoms with Crippen LogP contribution in [0.2, 0.25) is 0 Å². The highest BCUT2D eigenvalue weighted by molar-refractivity contribution is 5.80. The van der Waals surface area contributed by atoms with E-state index in [-0.39, 0.29) is 5.91 Å². The molecule has 2 aliphatic heterocycles. The third kappa shape index (κ3) is 2.77. The molecule has 23 heavy (non-hydrogen) atoms. The molecule has 5 heteroatoms. The Kier molecular flexibility index (Phi) is 3.65. The second kappa shape index (κ2) is 5.81. The van der Waals surface area contributed by atoms with E-state index in [0.717, 1.165) is 36.7 Å². The Morgan fingerprint density at radius 1 is 1.22 bits per heavy atom. The second-order valence-electron chi connectivity index (χ2n) is 6.47. The topological polar surface area (TPSA) is 49.6 Å². The summed E-state index contributed by atoms with van der Waals surface area (Å²) in [6.45, 7) is 4.41. The summed E-state index contributed by atoms with van der Waals surface area (Å²) in [5, 5.41) is 0. The van der Waals surface area contributed by atoms with Crippen molar-refractivity contribution in [2.75, 3.05) is 6.54 Å². The van der Waals surface area contributed by atoms with Gasteiger partial charge in [0.05, 0.1) is 25.0 Å². The van der Waals surface area contributed by atoms with Gasteiger partial charge in [0.1, 0.15) is 5.76 Å². The van der Waals surface area contributed by atoms with Gasteiger partial charge in [0, 0.05) is 30.7 Å². The number of aromatic nitrogens is 1. The minimum absolute atomic E-state index is 0.243. The van der Waals surface area contributed by atoms with Crippen molar-refractivity contribution < 1.29 is 9.21 Å². The van der Waals surface area contributed by atoms with Crippen molar-refractivity contribution in [2.45, 2.75) is 44.9 Å². The Labute approximate surface area is 135 Å². The Bertz CT molecular complexity index is 698. The van der Waals surface area contributed by atoms with Gasteiger partial charge in [-0.1, -0.05) is 6.07 Å². The first-order valence-electron chi connectivity index (χ1n) is 8.19. The molecule has 2 aliphatic rings. The molecule has 120 valence electrons. The summed E-state index contributed by atoms with van der Waals surface area (Å²) in [6.07, 6.45) is 3.35. The first-order valence-corrected chi connectivity index (χ1v) is 8.19. The predicted octanol–water partition coefficient (Wildman–Crippen LogP) is 2.36. The molecular formula is C18H21N3O2. The van der Waals surface area contributed by atoms with Gasteiger partial charge in [-0.15, -0.1) is 0 Å². The van der Waals surface area contributed by atoms with E-state index < -0.39 is 0 Å². The summed E-state index contributed by atoms with van der Waals surface area (Å²) in [6, 6.07) is 10.5. The van der Waals surface area contributed by atoms with Crippen molar-refractivity contribution in [1.82, 2.24) is 14.8 Å². The largest absolute Gasteiger partial charge is 0.468 e. The van der Waals surface area contributed by atoms with E-state index >= 15 is 0 Å². The summed E-state index contributed by atoms with van der Waals surface area (Å²) in [5.74, 6) is 1.21. The van der Waals surface area contributed by atoms with Crippen LogP contribution in [0.15, 0.2) is 41.0 Å². The third-order valence-electron chi connectivity index (χ3n) is 4.95. The lowest BCUT2D eigenvalue weighted by Crippen LogP contribution is -2.36. The van der Waals surface area contributed by atoms with E-state index in [9.17, 15) is 4.79 Å².